The summed E-state index contributed by atoms with van der Waals surface area (Å²) >= 11 is 0. The quantitative estimate of drug-likeness (QED) is 0.858. The standard InChI is InChI=1S/C14H13FN2O2/c1-19-14(18)13-8-12(6-7-16-13)17-9-10-2-4-11(15)5-3-10/h2-8H,9H2,1H3,(H,16,17). The van der Waals surface area contributed by atoms with Crippen molar-refractivity contribution in [3.8, 4) is 0 Å². The Kier molecular flexibility index (Phi) is 4.07. The van der Waals surface area contributed by atoms with E-state index in [1.165, 1.54) is 25.4 Å². The SMILES string of the molecule is COC(=O)c1cc(NCc2ccc(F)cc2)ccn1. The van der Waals surface area contributed by atoms with Gasteiger partial charge in [-0.2, -0.15) is 0 Å². The number of nitrogens with zero attached hydrogens (tertiary/aromatic N) is 1. The van der Waals surface area contributed by atoms with Crippen molar-refractivity contribution in [3.63, 3.8) is 0 Å². The van der Waals surface area contributed by atoms with Gasteiger partial charge in [0.25, 0.3) is 0 Å². The van der Waals surface area contributed by atoms with Crippen LogP contribution >= 0.6 is 0 Å². The van der Waals surface area contributed by atoms with Gasteiger partial charge in [-0.3, -0.25) is 0 Å². The second-order valence-electron chi connectivity index (χ2n) is 3.90. The van der Waals surface area contributed by atoms with E-state index in [4.69, 9.17) is 0 Å². The van der Waals surface area contributed by atoms with E-state index >= 15 is 0 Å². The molecule has 1 N–H and O–H groups in total. The molecule has 2 rings (SSSR count). The van der Waals surface area contributed by atoms with Crippen LogP contribution < -0.4 is 5.32 Å². The fraction of sp³-hybridized carbons (Fsp3) is 0.143. The molecule has 0 atom stereocenters. The van der Waals surface area contributed by atoms with E-state index < -0.39 is 5.97 Å². The molecule has 0 saturated heterocycles. The third-order valence-corrected chi connectivity index (χ3v) is 2.56. The van der Waals surface area contributed by atoms with Gasteiger partial charge in [0.1, 0.15) is 11.5 Å². The molecular weight excluding hydrogens is 247 g/mol. The topological polar surface area (TPSA) is 51.2 Å². The van der Waals surface area contributed by atoms with Crippen molar-refractivity contribution >= 4 is 11.7 Å². The van der Waals surface area contributed by atoms with Gasteiger partial charge in [0, 0.05) is 18.4 Å². The molecule has 19 heavy (non-hydrogen) atoms. The molecule has 4 nitrogen and oxygen atoms in total. The molecular formula is C14H13FN2O2. The van der Waals surface area contributed by atoms with Gasteiger partial charge < -0.3 is 10.1 Å². The molecule has 0 spiro atoms. The fourth-order valence-electron chi connectivity index (χ4n) is 1.56. The van der Waals surface area contributed by atoms with Gasteiger partial charge >= 0.3 is 5.97 Å². The van der Waals surface area contributed by atoms with E-state index in [0.29, 0.717) is 6.54 Å². The third-order valence-electron chi connectivity index (χ3n) is 2.56. The molecule has 0 fully saturated rings. The molecule has 98 valence electrons. The number of benzene rings is 1. The summed E-state index contributed by atoms with van der Waals surface area (Å²) in [5, 5.41) is 3.13. The lowest BCUT2D eigenvalue weighted by atomic mass is 10.2. The van der Waals surface area contributed by atoms with Crippen LogP contribution in [-0.2, 0) is 11.3 Å². The van der Waals surface area contributed by atoms with Gasteiger partial charge in [-0.15, -0.1) is 0 Å². The molecule has 0 aliphatic carbocycles. The van der Waals surface area contributed by atoms with Crippen LogP contribution in [0, 0.1) is 5.82 Å². The van der Waals surface area contributed by atoms with E-state index in [-0.39, 0.29) is 11.5 Å². The summed E-state index contributed by atoms with van der Waals surface area (Å²) in [4.78, 5) is 15.2. The zero-order valence-corrected chi connectivity index (χ0v) is 10.4. The van der Waals surface area contributed by atoms with Crippen LogP contribution in [0.3, 0.4) is 0 Å². The van der Waals surface area contributed by atoms with Gasteiger partial charge in [0.15, 0.2) is 0 Å². The second kappa shape index (κ2) is 5.95. The number of anilines is 1. The molecule has 0 saturated carbocycles. The highest BCUT2D eigenvalue weighted by molar-refractivity contribution is 5.88. The van der Waals surface area contributed by atoms with Crippen molar-refractivity contribution in [2.45, 2.75) is 6.54 Å². The summed E-state index contributed by atoms with van der Waals surface area (Å²) in [5.74, 6) is -0.744. The summed E-state index contributed by atoms with van der Waals surface area (Å²) < 4.78 is 17.3. The number of pyridine rings is 1. The number of aromatic nitrogens is 1. The van der Waals surface area contributed by atoms with Gasteiger partial charge in [-0.25, -0.2) is 14.2 Å². The van der Waals surface area contributed by atoms with Crippen molar-refractivity contribution in [1.29, 1.82) is 0 Å². The van der Waals surface area contributed by atoms with Crippen molar-refractivity contribution in [3.05, 3.63) is 59.7 Å². The first-order valence-corrected chi connectivity index (χ1v) is 5.72. The lowest BCUT2D eigenvalue weighted by molar-refractivity contribution is 0.0594. The zero-order chi connectivity index (χ0) is 13.7. The Morgan fingerprint density at radius 3 is 2.74 bits per heavy atom. The van der Waals surface area contributed by atoms with E-state index in [2.05, 4.69) is 15.0 Å². The van der Waals surface area contributed by atoms with Crippen molar-refractivity contribution in [2.75, 3.05) is 12.4 Å². The molecule has 0 aliphatic rings. The number of methoxy groups -OCH3 is 1. The Hall–Kier alpha value is -2.43. The lowest BCUT2D eigenvalue weighted by Crippen LogP contribution is -2.06. The minimum absolute atomic E-state index is 0.242. The number of hydrogen-bond acceptors (Lipinski definition) is 4. The number of rotatable bonds is 4. The van der Waals surface area contributed by atoms with Crippen molar-refractivity contribution in [2.24, 2.45) is 0 Å². The predicted octanol–water partition coefficient (Wildman–Crippen LogP) is 2.62. The second-order valence-corrected chi connectivity index (χ2v) is 3.90. The van der Waals surface area contributed by atoms with E-state index in [1.807, 2.05) is 0 Å². The monoisotopic (exact) mass is 260 g/mol. The normalized spacial score (nSPS) is 10.0. The first-order chi connectivity index (χ1) is 9.19. The maximum absolute atomic E-state index is 12.8. The molecule has 2 aromatic rings. The third kappa shape index (κ3) is 3.51. The van der Waals surface area contributed by atoms with Crippen molar-refractivity contribution in [1.82, 2.24) is 4.98 Å². The highest BCUT2D eigenvalue weighted by atomic mass is 19.1. The number of halogens is 1. The van der Waals surface area contributed by atoms with Gasteiger partial charge in [0.2, 0.25) is 0 Å². The maximum Gasteiger partial charge on any atom is 0.356 e. The van der Waals surface area contributed by atoms with Gasteiger partial charge in [-0.1, -0.05) is 12.1 Å². The van der Waals surface area contributed by atoms with Crippen LogP contribution in [0.1, 0.15) is 16.1 Å². The summed E-state index contributed by atoms with van der Waals surface area (Å²) in [6, 6.07) is 9.56. The summed E-state index contributed by atoms with van der Waals surface area (Å²) in [6.07, 6.45) is 1.53. The largest absolute Gasteiger partial charge is 0.464 e. The minimum Gasteiger partial charge on any atom is -0.464 e. The molecule has 1 aromatic heterocycles. The minimum atomic E-state index is -0.481. The number of ether oxygens (including phenoxy) is 1. The Labute approximate surface area is 110 Å². The summed E-state index contributed by atoms with van der Waals surface area (Å²) in [6.45, 7) is 0.533. The average molecular weight is 260 g/mol. The van der Waals surface area contributed by atoms with E-state index in [9.17, 15) is 9.18 Å². The Balaban J connectivity index is 2.03. The van der Waals surface area contributed by atoms with Crippen LogP contribution in [0.15, 0.2) is 42.6 Å². The fourth-order valence-corrected chi connectivity index (χ4v) is 1.56. The summed E-state index contributed by atoms with van der Waals surface area (Å²) in [5.41, 5.74) is 1.93. The first kappa shape index (κ1) is 13.0. The Morgan fingerprint density at radius 2 is 2.05 bits per heavy atom. The van der Waals surface area contributed by atoms with Crippen LogP contribution in [-0.4, -0.2) is 18.1 Å². The van der Waals surface area contributed by atoms with Gasteiger partial charge in [-0.05, 0) is 29.8 Å². The number of esters is 1. The molecule has 0 radical (unpaired) electrons. The highest BCUT2D eigenvalue weighted by Crippen LogP contribution is 2.11. The molecule has 1 aromatic carbocycles. The van der Waals surface area contributed by atoms with Crippen LogP contribution in [0.5, 0.6) is 0 Å². The predicted molar refractivity (Wildman–Crippen MR) is 69.3 cm³/mol. The highest BCUT2D eigenvalue weighted by Gasteiger charge is 2.07. The zero-order valence-electron chi connectivity index (χ0n) is 10.4. The first-order valence-electron chi connectivity index (χ1n) is 5.72. The molecule has 0 amide bonds. The van der Waals surface area contributed by atoms with Crippen molar-refractivity contribution < 1.29 is 13.9 Å². The molecule has 1 heterocycles. The number of hydrogen-bond donors (Lipinski definition) is 1. The Morgan fingerprint density at radius 1 is 1.32 bits per heavy atom. The van der Waals surface area contributed by atoms with Crippen LogP contribution in [0.25, 0.3) is 0 Å². The smallest absolute Gasteiger partial charge is 0.356 e. The molecule has 0 bridgehead atoms. The molecule has 0 aliphatic heterocycles. The van der Waals surface area contributed by atoms with Crippen LogP contribution in [0.4, 0.5) is 10.1 Å². The van der Waals surface area contributed by atoms with E-state index in [1.54, 1.807) is 24.3 Å². The van der Waals surface area contributed by atoms with Crippen LogP contribution in [0.2, 0.25) is 0 Å². The Bertz CT molecular complexity index is 570. The number of carbonyl (C=O) groups excluding carboxylic acids is 1. The number of nitrogens with one attached hydrogen (secondary N) is 1. The van der Waals surface area contributed by atoms with E-state index in [0.717, 1.165) is 11.3 Å². The number of carbonyl (C=O) groups is 1. The molecule has 0 unspecified atom stereocenters. The average Bonchev–Trinajstić information content (AvgIpc) is 2.46. The maximum atomic E-state index is 12.8. The van der Waals surface area contributed by atoms with Gasteiger partial charge in [0.05, 0.1) is 7.11 Å². The molecule has 5 heteroatoms. The summed E-state index contributed by atoms with van der Waals surface area (Å²) in [7, 11) is 1.31. The lowest BCUT2D eigenvalue weighted by Gasteiger charge is -2.07.